The first-order chi connectivity index (χ1) is 9.89. The average molecular weight is 295 g/mol. The Labute approximate surface area is 126 Å². The second kappa shape index (κ2) is 7.88. The molecule has 0 aromatic heterocycles. The SMILES string of the molecule is COc1cccc(C[N+](C)(C)CCCCC(=O)[O-])c1OC. The van der Waals surface area contributed by atoms with Gasteiger partial charge in [0.2, 0.25) is 0 Å². The smallest absolute Gasteiger partial charge is 0.169 e. The lowest BCUT2D eigenvalue weighted by atomic mass is 10.1. The number of benzene rings is 1. The summed E-state index contributed by atoms with van der Waals surface area (Å²) in [5, 5.41) is 10.4. The van der Waals surface area contributed by atoms with Crippen LogP contribution in [0, 0.1) is 0 Å². The summed E-state index contributed by atoms with van der Waals surface area (Å²) in [6, 6.07) is 5.86. The Morgan fingerprint density at radius 2 is 1.90 bits per heavy atom. The number of para-hydroxylation sites is 1. The zero-order valence-electron chi connectivity index (χ0n) is 13.3. The molecule has 5 nitrogen and oxygen atoms in total. The average Bonchev–Trinajstić information content (AvgIpc) is 2.42. The summed E-state index contributed by atoms with van der Waals surface area (Å²) in [6.45, 7) is 1.69. The van der Waals surface area contributed by atoms with Crippen LogP contribution in [0.1, 0.15) is 24.8 Å². The molecule has 0 aliphatic heterocycles. The number of hydrogen-bond acceptors (Lipinski definition) is 4. The van der Waals surface area contributed by atoms with E-state index in [0.717, 1.165) is 41.1 Å². The van der Waals surface area contributed by atoms with Gasteiger partial charge >= 0.3 is 0 Å². The van der Waals surface area contributed by atoms with Gasteiger partial charge in [-0.15, -0.1) is 0 Å². The molecule has 0 atom stereocenters. The highest BCUT2D eigenvalue weighted by Crippen LogP contribution is 2.32. The van der Waals surface area contributed by atoms with Crippen LogP contribution in [0.3, 0.4) is 0 Å². The summed E-state index contributed by atoms with van der Waals surface area (Å²) < 4.78 is 11.5. The molecule has 0 saturated heterocycles. The number of carboxylic acids is 1. The summed E-state index contributed by atoms with van der Waals surface area (Å²) in [5.74, 6) is 0.516. The minimum atomic E-state index is -0.977. The van der Waals surface area contributed by atoms with Gasteiger partial charge in [0.05, 0.1) is 40.4 Å². The normalized spacial score (nSPS) is 11.2. The van der Waals surface area contributed by atoms with E-state index in [1.54, 1.807) is 14.2 Å². The number of nitrogens with zero attached hydrogens (tertiary/aromatic N) is 1. The molecule has 0 heterocycles. The third kappa shape index (κ3) is 5.63. The fourth-order valence-electron chi connectivity index (χ4n) is 2.43. The predicted octanol–water partition coefficient (Wildman–Crippen LogP) is 1.20. The summed E-state index contributed by atoms with van der Waals surface area (Å²) in [5.41, 5.74) is 1.08. The third-order valence-corrected chi connectivity index (χ3v) is 3.48. The van der Waals surface area contributed by atoms with Crippen LogP contribution in [0.25, 0.3) is 0 Å². The van der Waals surface area contributed by atoms with Crippen molar-refractivity contribution in [3.63, 3.8) is 0 Å². The van der Waals surface area contributed by atoms with Crippen molar-refractivity contribution in [1.82, 2.24) is 0 Å². The Hall–Kier alpha value is -1.75. The summed E-state index contributed by atoms with van der Waals surface area (Å²) in [7, 11) is 7.51. The van der Waals surface area contributed by atoms with E-state index in [1.165, 1.54) is 0 Å². The second-order valence-electron chi connectivity index (χ2n) is 5.80. The molecule has 5 heteroatoms. The lowest BCUT2D eigenvalue weighted by Gasteiger charge is -2.30. The molecule has 0 N–H and O–H groups in total. The van der Waals surface area contributed by atoms with Crippen LogP contribution in [0.2, 0.25) is 0 Å². The van der Waals surface area contributed by atoms with Crippen molar-refractivity contribution in [2.24, 2.45) is 0 Å². The van der Waals surface area contributed by atoms with Gasteiger partial charge in [0, 0.05) is 5.97 Å². The van der Waals surface area contributed by atoms with Gasteiger partial charge in [0.25, 0.3) is 0 Å². The number of carbonyl (C=O) groups is 1. The number of rotatable bonds is 9. The molecule has 0 aliphatic rings. The molecule has 0 spiro atoms. The van der Waals surface area contributed by atoms with Crippen LogP contribution in [-0.2, 0) is 11.3 Å². The molecule has 21 heavy (non-hydrogen) atoms. The largest absolute Gasteiger partial charge is 0.550 e. The maximum atomic E-state index is 10.4. The van der Waals surface area contributed by atoms with Crippen molar-refractivity contribution in [3.8, 4) is 11.5 Å². The zero-order chi connectivity index (χ0) is 15.9. The minimum Gasteiger partial charge on any atom is -0.550 e. The molecule has 1 aromatic rings. The quantitative estimate of drug-likeness (QED) is 0.507. The highest BCUT2D eigenvalue weighted by atomic mass is 16.5. The van der Waals surface area contributed by atoms with Gasteiger partial charge in [-0.3, -0.25) is 0 Å². The molecular formula is C16H25NO4. The van der Waals surface area contributed by atoms with Crippen LogP contribution >= 0.6 is 0 Å². The van der Waals surface area contributed by atoms with E-state index < -0.39 is 5.97 Å². The van der Waals surface area contributed by atoms with Gasteiger partial charge in [0.1, 0.15) is 6.54 Å². The van der Waals surface area contributed by atoms with Crippen LogP contribution < -0.4 is 14.6 Å². The molecule has 1 rings (SSSR count). The van der Waals surface area contributed by atoms with Gasteiger partial charge in [-0.05, 0) is 31.4 Å². The molecule has 1 aromatic carbocycles. The molecule has 0 bridgehead atoms. The number of quaternary nitrogens is 1. The lowest BCUT2D eigenvalue weighted by Crippen LogP contribution is -2.39. The molecule has 0 unspecified atom stereocenters. The number of ether oxygens (including phenoxy) is 2. The second-order valence-corrected chi connectivity index (χ2v) is 5.80. The first kappa shape index (κ1) is 17.3. The predicted molar refractivity (Wildman–Crippen MR) is 79.1 cm³/mol. The molecule has 0 aliphatic carbocycles. The Bertz CT molecular complexity index is 471. The van der Waals surface area contributed by atoms with Gasteiger partial charge in [-0.25, -0.2) is 0 Å². The molecular weight excluding hydrogens is 270 g/mol. The third-order valence-electron chi connectivity index (χ3n) is 3.48. The highest BCUT2D eigenvalue weighted by molar-refractivity contribution is 5.64. The van der Waals surface area contributed by atoms with Crippen molar-refractivity contribution in [2.45, 2.75) is 25.8 Å². The van der Waals surface area contributed by atoms with Crippen LogP contribution in [0.4, 0.5) is 0 Å². The molecule has 0 saturated carbocycles. The molecule has 0 amide bonds. The van der Waals surface area contributed by atoms with Crippen LogP contribution in [-0.4, -0.2) is 45.3 Å². The summed E-state index contributed by atoms with van der Waals surface area (Å²) >= 11 is 0. The number of methoxy groups -OCH3 is 2. The molecule has 0 fully saturated rings. The van der Waals surface area contributed by atoms with E-state index in [9.17, 15) is 9.90 Å². The van der Waals surface area contributed by atoms with Crippen LogP contribution in [0.15, 0.2) is 18.2 Å². The zero-order valence-corrected chi connectivity index (χ0v) is 13.3. The Kier molecular flexibility index (Phi) is 6.49. The Morgan fingerprint density at radius 3 is 2.48 bits per heavy atom. The van der Waals surface area contributed by atoms with Crippen molar-refractivity contribution in [1.29, 1.82) is 0 Å². The lowest BCUT2D eigenvalue weighted by molar-refractivity contribution is -0.903. The van der Waals surface area contributed by atoms with Gasteiger partial charge in [0.15, 0.2) is 11.5 Å². The number of carbonyl (C=O) groups excluding carboxylic acids is 1. The van der Waals surface area contributed by atoms with E-state index in [2.05, 4.69) is 14.1 Å². The van der Waals surface area contributed by atoms with Crippen molar-refractivity contribution in [2.75, 3.05) is 34.9 Å². The summed E-state index contributed by atoms with van der Waals surface area (Å²) in [4.78, 5) is 10.4. The standard InChI is InChI=1S/C16H25NO4/c1-17(2,11-6-5-10-15(18)19)12-13-8-7-9-14(20-3)16(13)21-4/h7-9H,5-6,10-12H2,1-4H3. The van der Waals surface area contributed by atoms with Gasteiger partial charge in [-0.1, -0.05) is 6.07 Å². The van der Waals surface area contributed by atoms with Crippen LogP contribution in [0.5, 0.6) is 11.5 Å². The fraction of sp³-hybridized carbons (Fsp3) is 0.562. The van der Waals surface area contributed by atoms with Crippen molar-refractivity contribution < 1.29 is 23.9 Å². The van der Waals surface area contributed by atoms with Crippen molar-refractivity contribution >= 4 is 5.97 Å². The number of aliphatic carboxylic acids is 1. The molecule has 0 radical (unpaired) electrons. The van der Waals surface area contributed by atoms with E-state index in [0.29, 0.717) is 6.42 Å². The summed E-state index contributed by atoms with van der Waals surface area (Å²) in [6.07, 6.45) is 1.63. The van der Waals surface area contributed by atoms with Gasteiger partial charge < -0.3 is 23.9 Å². The van der Waals surface area contributed by atoms with Crippen molar-refractivity contribution in [3.05, 3.63) is 23.8 Å². The monoisotopic (exact) mass is 295 g/mol. The van der Waals surface area contributed by atoms with E-state index >= 15 is 0 Å². The number of carboxylic acid groups (broad SMARTS) is 1. The van der Waals surface area contributed by atoms with Gasteiger partial charge in [-0.2, -0.15) is 0 Å². The fourth-order valence-corrected chi connectivity index (χ4v) is 2.43. The Morgan fingerprint density at radius 1 is 1.19 bits per heavy atom. The topological polar surface area (TPSA) is 58.6 Å². The van der Waals surface area contributed by atoms with E-state index in [1.807, 2.05) is 18.2 Å². The Balaban J connectivity index is 2.68. The molecule has 118 valence electrons. The maximum absolute atomic E-state index is 10.4. The van der Waals surface area contributed by atoms with E-state index in [-0.39, 0.29) is 6.42 Å². The van der Waals surface area contributed by atoms with E-state index in [4.69, 9.17) is 9.47 Å². The minimum absolute atomic E-state index is 0.127. The first-order valence-electron chi connectivity index (χ1n) is 7.11. The number of hydrogen-bond donors (Lipinski definition) is 0. The highest BCUT2D eigenvalue weighted by Gasteiger charge is 2.20. The maximum Gasteiger partial charge on any atom is 0.169 e. The first-order valence-corrected chi connectivity index (χ1v) is 7.11. The number of unbranched alkanes of at least 4 members (excludes halogenated alkanes) is 1.